The van der Waals surface area contributed by atoms with Crippen molar-refractivity contribution in [1.29, 1.82) is 0 Å². The van der Waals surface area contributed by atoms with E-state index in [9.17, 15) is 4.39 Å². The number of aromatic amines is 1. The highest BCUT2D eigenvalue weighted by atomic mass is 19.1. The van der Waals surface area contributed by atoms with Crippen molar-refractivity contribution in [2.75, 3.05) is 13.1 Å². The van der Waals surface area contributed by atoms with Gasteiger partial charge in [0.15, 0.2) is 0 Å². The SMILES string of the molecule is [2H]C([2H])(c1c(C)cccc1F)N1CCC[C@@H](c2cn(-c3ccc4[nH]nc(-c5ccncc5)c4c3)nn2)C1. The highest BCUT2D eigenvalue weighted by Crippen LogP contribution is 2.30. The molecule has 35 heavy (non-hydrogen) atoms. The van der Waals surface area contributed by atoms with E-state index in [1.165, 1.54) is 6.07 Å². The Hall–Kier alpha value is -3.91. The zero-order chi connectivity index (χ0) is 25.6. The van der Waals surface area contributed by atoms with Gasteiger partial charge in [0, 0.05) is 50.6 Å². The number of piperidine rings is 1. The summed E-state index contributed by atoms with van der Waals surface area (Å²) < 4.78 is 34.0. The molecular formula is C27H26FN7. The van der Waals surface area contributed by atoms with Gasteiger partial charge in [0.05, 0.1) is 23.1 Å². The lowest BCUT2D eigenvalue weighted by molar-refractivity contribution is 0.196. The van der Waals surface area contributed by atoms with Crippen molar-refractivity contribution in [3.05, 3.63) is 89.8 Å². The van der Waals surface area contributed by atoms with Gasteiger partial charge in [-0.15, -0.1) is 5.10 Å². The molecule has 4 heterocycles. The molecule has 5 aromatic rings. The first-order valence-electron chi connectivity index (χ1n) is 12.7. The molecule has 0 aliphatic carbocycles. The third kappa shape index (κ3) is 4.21. The second kappa shape index (κ2) is 9.03. The molecule has 1 N–H and O–H groups in total. The van der Waals surface area contributed by atoms with E-state index in [4.69, 9.17) is 2.74 Å². The fourth-order valence-corrected chi connectivity index (χ4v) is 4.72. The van der Waals surface area contributed by atoms with Crippen molar-refractivity contribution in [1.82, 2.24) is 35.1 Å². The van der Waals surface area contributed by atoms with Crippen LogP contribution < -0.4 is 0 Å². The second-order valence-corrected chi connectivity index (χ2v) is 8.95. The molecule has 8 heteroatoms. The van der Waals surface area contributed by atoms with Gasteiger partial charge in [0.25, 0.3) is 0 Å². The molecule has 7 nitrogen and oxygen atoms in total. The van der Waals surface area contributed by atoms with E-state index in [0.29, 0.717) is 18.7 Å². The summed E-state index contributed by atoms with van der Waals surface area (Å²) in [6, 6.07) is 14.5. The van der Waals surface area contributed by atoms with Crippen LogP contribution in [0, 0.1) is 12.7 Å². The topological polar surface area (TPSA) is 75.5 Å². The van der Waals surface area contributed by atoms with Crippen LogP contribution in [0.4, 0.5) is 4.39 Å². The van der Waals surface area contributed by atoms with Crippen LogP contribution in [0.5, 0.6) is 0 Å². The molecule has 0 radical (unpaired) electrons. The van der Waals surface area contributed by atoms with Gasteiger partial charge in [0.1, 0.15) is 11.5 Å². The maximum atomic E-state index is 14.6. The predicted molar refractivity (Wildman–Crippen MR) is 133 cm³/mol. The third-order valence-electron chi connectivity index (χ3n) is 6.61. The number of H-pyrrole nitrogens is 1. The summed E-state index contributed by atoms with van der Waals surface area (Å²) in [6.45, 7) is 0.826. The minimum Gasteiger partial charge on any atom is -0.298 e. The number of halogens is 1. The van der Waals surface area contributed by atoms with E-state index in [1.807, 2.05) is 36.5 Å². The number of nitrogens with one attached hydrogen (secondary N) is 1. The number of fused-ring (bicyclic) bond motifs is 1. The molecule has 2 aromatic carbocycles. The minimum atomic E-state index is -1.92. The molecule has 6 rings (SSSR count). The summed E-state index contributed by atoms with van der Waals surface area (Å²) in [5.74, 6) is -0.520. The zero-order valence-corrected chi connectivity index (χ0v) is 19.3. The Morgan fingerprint density at radius 3 is 2.91 bits per heavy atom. The predicted octanol–water partition coefficient (Wildman–Crippen LogP) is 5.03. The van der Waals surface area contributed by atoms with Crippen LogP contribution in [0.1, 0.15) is 38.3 Å². The van der Waals surface area contributed by atoms with Crippen LogP contribution in [0.2, 0.25) is 0 Å². The highest BCUT2D eigenvalue weighted by Gasteiger charge is 2.25. The maximum absolute atomic E-state index is 14.6. The van der Waals surface area contributed by atoms with E-state index in [0.717, 1.165) is 46.4 Å². The summed E-state index contributed by atoms with van der Waals surface area (Å²) in [4.78, 5) is 5.81. The monoisotopic (exact) mass is 469 g/mol. The number of rotatable bonds is 5. The van der Waals surface area contributed by atoms with Crippen LogP contribution in [0.15, 0.2) is 67.1 Å². The smallest absolute Gasteiger partial charge is 0.127 e. The first-order chi connectivity index (χ1) is 17.9. The molecule has 1 aliphatic rings. The fourth-order valence-electron chi connectivity index (χ4n) is 4.72. The highest BCUT2D eigenvalue weighted by molar-refractivity contribution is 5.94. The number of benzene rings is 2. The van der Waals surface area contributed by atoms with Crippen LogP contribution >= 0.6 is 0 Å². The number of hydrogen-bond donors (Lipinski definition) is 1. The lowest BCUT2D eigenvalue weighted by Gasteiger charge is -2.32. The Morgan fingerprint density at radius 1 is 1.17 bits per heavy atom. The van der Waals surface area contributed by atoms with Gasteiger partial charge in [-0.25, -0.2) is 9.07 Å². The Labute approximate surface area is 205 Å². The van der Waals surface area contributed by atoms with Gasteiger partial charge in [-0.1, -0.05) is 17.3 Å². The number of aryl methyl sites for hydroxylation is 1. The lowest BCUT2D eigenvalue weighted by atomic mass is 9.94. The number of aromatic nitrogens is 6. The number of hydrogen-bond acceptors (Lipinski definition) is 5. The molecule has 0 spiro atoms. The van der Waals surface area contributed by atoms with Crippen molar-refractivity contribution in [3.63, 3.8) is 0 Å². The molecule has 1 saturated heterocycles. The third-order valence-corrected chi connectivity index (χ3v) is 6.61. The van der Waals surface area contributed by atoms with E-state index >= 15 is 0 Å². The van der Waals surface area contributed by atoms with Gasteiger partial charge in [-0.3, -0.25) is 15.0 Å². The average molecular weight is 470 g/mol. The quantitative estimate of drug-likeness (QED) is 0.391. The van der Waals surface area contributed by atoms with E-state index in [2.05, 4.69) is 25.5 Å². The van der Waals surface area contributed by atoms with Crippen LogP contribution in [-0.2, 0) is 6.50 Å². The van der Waals surface area contributed by atoms with Gasteiger partial charge >= 0.3 is 0 Å². The van der Waals surface area contributed by atoms with Crippen molar-refractivity contribution >= 4 is 10.9 Å². The summed E-state index contributed by atoms with van der Waals surface area (Å²) in [5.41, 5.74) is 5.11. The fraction of sp³-hybridized carbons (Fsp3) is 0.259. The summed E-state index contributed by atoms with van der Waals surface area (Å²) in [6.07, 6.45) is 7.06. The summed E-state index contributed by atoms with van der Waals surface area (Å²) in [7, 11) is 0. The molecule has 3 aromatic heterocycles. The lowest BCUT2D eigenvalue weighted by Crippen LogP contribution is -2.34. The van der Waals surface area contributed by atoms with Crippen LogP contribution in [-0.4, -0.2) is 48.2 Å². The zero-order valence-electron chi connectivity index (χ0n) is 21.3. The van der Waals surface area contributed by atoms with E-state index < -0.39 is 12.3 Å². The van der Waals surface area contributed by atoms with E-state index in [1.54, 1.807) is 41.0 Å². The normalized spacial score (nSPS) is 17.9. The molecule has 0 amide bonds. The molecule has 1 aliphatic heterocycles. The standard InChI is InChI=1S/C27H26FN7/c1-18-4-2-6-24(28)23(18)16-34-13-3-5-20(15-34)26-17-35(33-31-26)21-7-8-25-22(14-21)27(32-30-25)19-9-11-29-12-10-19/h2,4,6-12,14,17,20H,3,5,13,15-16H2,1H3,(H,30,32)/t20-/m1/s1/i16D2. The molecule has 0 unspecified atom stereocenters. The minimum absolute atomic E-state index is 0.00492. The molecular weight excluding hydrogens is 441 g/mol. The van der Waals surface area contributed by atoms with Gasteiger partial charge in [0.2, 0.25) is 0 Å². The molecule has 0 bridgehead atoms. The number of nitrogens with zero attached hydrogens (tertiary/aromatic N) is 6. The molecule has 176 valence electrons. The van der Waals surface area contributed by atoms with Crippen molar-refractivity contribution < 1.29 is 7.13 Å². The van der Waals surface area contributed by atoms with Crippen LogP contribution in [0.25, 0.3) is 27.8 Å². The number of likely N-dealkylation sites (tertiary alicyclic amines) is 1. The van der Waals surface area contributed by atoms with Crippen molar-refractivity contribution in [3.8, 4) is 16.9 Å². The molecule has 1 atom stereocenters. The Balaban J connectivity index is 1.27. The first kappa shape index (κ1) is 19.4. The van der Waals surface area contributed by atoms with Crippen molar-refractivity contribution in [2.24, 2.45) is 0 Å². The average Bonchev–Trinajstić information content (AvgIpc) is 3.57. The Kier molecular flexibility index (Phi) is 5.01. The Morgan fingerprint density at radius 2 is 2.06 bits per heavy atom. The van der Waals surface area contributed by atoms with Gasteiger partial charge < -0.3 is 0 Å². The van der Waals surface area contributed by atoms with Crippen molar-refractivity contribution in [2.45, 2.75) is 32.2 Å². The number of pyridine rings is 1. The van der Waals surface area contributed by atoms with Crippen LogP contribution in [0.3, 0.4) is 0 Å². The van der Waals surface area contributed by atoms with Gasteiger partial charge in [-0.05, 0) is 68.3 Å². The summed E-state index contributed by atoms with van der Waals surface area (Å²) in [5, 5.41) is 17.4. The second-order valence-electron chi connectivity index (χ2n) is 8.95. The summed E-state index contributed by atoms with van der Waals surface area (Å²) >= 11 is 0. The maximum Gasteiger partial charge on any atom is 0.127 e. The first-order valence-corrected chi connectivity index (χ1v) is 11.7. The molecule has 1 fully saturated rings. The Bertz CT molecular complexity index is 1540. The van der Waals surface area contributed by atoms with E-state index in [-0.39, 0.29) is 11.5 Å². The molecule has 0 saturated carbocycles. The van der Waals surface area contributed by atoms with Gasteiger partial charge in [-0.2, -0.15) is 5.10 Å². The largest absolute Gasteiger partial charge is 0.298 e.